The fraction of sp³-hybridized carbons (Fsp3) is 0.188. The molecule has 0 aliphatic carbocycles. The summed E-state index contributed by atoms with van der Waals surface area (Å²) in [7, 11) is 3.40. The number of rotatable bonds is 2. The Morgan fingerprint density at radius 1 is 1.14 bits per heavy atom. The SMILES string of the molecule is CSc1nc(-c2cccc3ccccc23)nn1C(=O)N(C)C. The molecule has 3 rings (SSSR count). The second-order valence-corrected chi connectivity index (χ2v) is 5.81. The van der Waals surface area contributed by atoms with Crippen LogP contribution in [-0.4, -0.2) is 46.0 Å². The first-order valence-electron chi connectivity index (χ1n) is 6.82. The van der Waals surface area contributed by atoms with E-state index in [-0.39, 0.29) is 6.03 Å². The van der Waals surface area contributed by atoms with Crippen molar-refractivity contribution < 1.29 is 4.79 Å². The summed E-state index contributed by atoms with van der Waals surface area (Å²) in [5.74, 6) is 0.566. The van der Waals surface area contributed by atoms with Gasteiger partial charge in [0, 0.05) is 19.7 Å². The molecule has 0 spiro atoms. The number of carbonyl (C=O) groups is 1. The molecule has 2 aromatic carbocycles. The molecule has 6 heteroatoms. The number of fused-ring (bicyclic) bond motifs is 1. The van der Waals surface area contributed by atoms with Crippen LogP contribution in [0.25, 0.3) is 22.2 Å². The van der Waals surface area contributed by atoms with Gasteiger partial charge in [-0.05, 0) is 17.0 Å². The van der Waals surface area contributed by atoms with E-state index in [0.29, 0.717) is 11.0 Å². The van der Waals surface area contributed by atoms with Crippen molar-refractivity contribution in [3.63, 3.8) is 0 Å². The average molecular weight is 312 g/mol. The maximum Gasteiger partial charge on any atom is 0.346 e. The lowest BCUT2D eigenvalue weighted by molar-refractivity contribution is 0.213. The first kappa shape index (κ1) is 14.6. The van der Waals surface area contributed by atoms with Crippen molar-refractivity contribution in [3.05, 3.63) is 42.5 Å². The van der Waals surface area contributed by atoms with Gasteiger partial charge in [-0.2, -0.15) is 4.68 Å². The predicted molar refractivity (Wildman–Crippen MR) is 89.2 cm³/mol. The minimum atomic E-state index is -0.205. The molecule has 0 saturated heterocycles. The molecule has 0 atom stereocenters. The maximum atomic E-state index is 12.2. The van der Waals surface area contributed by atoms with Gasteiger partial charge in [0.2, 0.25) is 0 Å². The van der Waals surface area contributed by atoms with Gasteiger partial charge in [0.25, 0.3) is 0 Å². The van der Waals surface area contributed by atoms with Crippen LogP contribution in [-0.2, 0) is 0 Å². The number of thioether (sulfide) groups is 1. The highest BCUT2D eigenvalue weighted by molar-refractivity contribution is 7.98. The first-order chi connectivity index (χ1) is 10.6. The smallest absolute Gasteiger partial charge is 0.329 e. The highest BCUT2D eigenvalue weighted by Crippen LogP contribution is 2.27. The average Bonchev–Trinajstić information content (AvgIpc) is 2.97. The Morgan fingerprint density at radius 3 is 2.59 bits per heavy atom. The minimum absolute atomic E-state index is 0.205. The summed E-state index contributed by atoms with van der Waals surface area (Å²) in [6.07, 6.45) is 1.89. The van der Waals surface area contributed by atoms with Crippen LogP contribution in [0.4, 0.5) is 4.79 Å². The lowest BCUT2D eigenvalue weighted by atomic mass is 10.0. The number of aromatic nitrogens is 3. The van der Waals surface area contributed by atoms with E-state index in [1.165, 1.54) is 21.3 Å². The number of nitrogens with zero attached hydrogens (tertiary/aromatic N) is 4. The van der Waals surface area contributed by atoms with Gasteiger partial charge in [-0.3, -0.25) is 0 Å². The van der Waals surface area contributed by atoms with Crippen molar-refractivity contribution in [1.29, 1.82) is 0 Å². The Morgan fingerprint density at radius 2 is 1.86 bits per heavy atom. The molecule has 3 aromatic rings. The van der Waals surface area contributed by atoms with Crippen molar-refractivity contribution in [3.8, 4) is 11.4 Å². The van der Waals surface area contributed by atoms with Gasteiger partial charge < -0.3 is 4.90 Å². The molecule has 0 N–H and O–H groups in total. The van der Waals surface area contributed by atoms with Crippen LogP contribution in [0.15, 0.2) is 47.6 Å². The Labute approximate surface area is 133 Å². The third-order valence-corrected chi connectivity index (χ3v) is 3.98. The van der Waals surface area contributed by atoms with Gasteiger partial charge in [-0.25, -0.2) is 9.78 Å². The topological polar surface area (TPSA) is 51.0 Å². The molecule has 0 aliphatic heterocycles. The first-order valence-corrected chi connectivity index (χ1v) is 8.05. The summed E-state index contributed by atoms with van der Waals surface area (Å²) in [5, 5.41) is 7.20. The van der Waals surface area contributed by atoms with E-state index in [2.05, 4.69) is 22.2 Å². The molecule has 112 valence electrons. The zero-order valence-electron chi connectivity index (χ0n) is 12.6. The van der Waals surface area contributed by atoms with Crippen molar-refractivity contribution in [2.24, 2.45) is 0 Å². The summed E-state index contributed by atoms with van der Waals surface area (Å²) >= 11 is 1.40. The number of amides is 1. The van der Waals surface area contributed by atoms with Crippen LogP contribution in [0.1, 0.15) is 0 Å². The molecule has 1 heterocycles. The molecule has 1 amide bonds. The molecule has 0 radical (unpaired) electrons. The fourth-order valence-electron chi connectivity index (χ4n) is 2.28. The number of benzene rings is 2. The lowest BCUT2D eigenvalue weighted by Crippen LogP contribution is -2.28. The van der Waals surface area contributed by atoms with Crippen LogP contribution in [0.5, 0.6) is 0 Å². The van der Waals surface area contributed by atoms with E-state index in [1.54, 1.807) is 14.1 Å². The lowest BCUT2D eigenvalue weighted by Gasteiger charge is -2.09. The van der Waals surface area contributed by atoms with Gasteiger partial charge in [-0.1, -0.05) is 54.2 Å². The van der Waals surface area contributed by atoms with Crippen molar-refractivity contribution in [1.82, 2.24) is 19.7 Å². The zero-order valence-corrected chi connectivity index (χ0v) is 13.5. The third-order valence-electron chi connectivity index (χ3n) is 3.35. The monoisotopic (exact) mass is 312 g/mol. The van der Waals surface area contributed by atoms with Crippen LogP contribution < -0.4 is 0 Å². The van der Waals surface area contributed by atoms with Gasteiger partial charge in [0.05, 0.1) is 0 Å². The van der Waals surface area contributed by atoms with Crippen LogP contribution in [0.3, 0.4) is 0 Å². The normalized spacial score (nSPS) is 10.9. The standard InChI is InChI=1S/C16H16N4OS/c1-19(2)16(21)20-15(22-3)17-14(18-20)13-10-6-8-11-7-4-5-9-12(11)13/h4-10H,1-3H3. The molecule has 0 aliphatic rings. The molecular weight excluding hydrogens is 296 g/mol. The number of hydrogen-bond donors (Lipinski definition) is 0. The molecule has 0 unspecified atom stereocenters. The molecular formula is C16H16N4OS. The van der Waals surface area contributed by atoms with E-state index < -0.39 is 0 Å². The summed E-state index contributed by atoms with van der Waals surface area (Å²) in [6, 6.07) is 13.9. The van der Waals surface area contributed by atoms with E-state index >= 15 is 0 Å². The Bertz CT molecular complexity index is 836. The highest BCUT2D eigenvalue weighted by Gasteiger charge is 2.18. The molecule has 5 nitrogen and oxygen atoms in total. The maximum absolute atomic E-state index is 12.2. The summed E-state index contributed by atoms with van der Waals surface area (Å²) in [5.41, 5.74) is 0.929. The second-order valence-electron chi connectivity index (χ2n) is 5.04. The van der Waals surface area contributed by atoms with Crippen molar-refractivity contribution in [2.45, 2.75) is 5.16 Å². The van der Waals surface area contributed by atoms with Gasteiger partial charge in [0.15, 0.2) is 11.0 Å². The summed E-state index contributed by atoms with van der Waals surface area (Å²) in [4.78, 5) is 18.2. The number of carbonyl (C=O) groups excluding carboxylic acids is 1. The Balaban J connectivity index is 2.18. The van der Waals surface area contributed by atoms with Gasteiger partial charge in [0.1, 0.15) is 0 Å². The predicted octanol–water partition coefficient (Wildman–Crippen LogP) is 3.35. The van der Waals surface area contributed by atoms with E-state index in [1.807, 2.05) is 36.6 Å². The quantitative estimate of drug-likeness (QED) is 0.681. The zero-order chi connectivity index (χ0) is 15.7. The highest BCUT2D eigenvalue weighted by atomic mass is 32.2. The van der Waals surface area contributed by atoms with E-state index in [0.717, 1.165) is 16.3 Å². The summed E-state index contributed by atoms with van der Waals surface area (Å²) in [6.45, 7) is 0. The van der Waals surface area contributed by atoms with Gasteiger partial charge >= 0.3 is 6.03 Å². The third kappa shape index (κ3) is 2.46. The molecule has 0 fully saturated rings. The number of hydrogen-bond acceptors (Lipinski definition) is 4. The fourth-order valence-corrected chi connectivity index (χ4v) is 2.75. The second kappa shape index (κ2) is 5.81. The molecule has 22 heavy (non-hydrogen) atoms. The molecule has 1 aromatic heterocycles. The summed E-state index contributed by atoms with van der Waals surface area (Å²) < 4.78 is 1.35. The Kier molecular flexibility index (Phi) is 3.85. The van der Waals surface area contributed by atoms with E-state index in [4.69, 9.17) is 0 Å². The Hall–Kier alpha value is -2.34. The van der Waals surface area contributed by atoms with Crippen molar-refractivity contribution >= 4 is 28.6 Å². The van der Waals surface area contributed by atoms with Crippen LogP contribution in [0, 0.1) is 0 Å². The largest absolute Gasteiger partial charge is 0.346 e. The molecule has 0 bridgehead atoms. The van der Waals surface area contributed by atoms with Crippen LogP contribution >= 0.6 is 11.8 Å². The van der Waals surface area contributed by atoms with Gasteiger partial charge in [-0.15, -0.1) is 5.10 Å². The van der Waals surface area contributed by atoms with E-state index in [9.17, 15) is 4.79 Å². The van der Waals surface area contributed by atoms with Crippen LogP contribution in [0.2, 0.25) is 0 Å². The minimum Gasteiger partial charge on any atom is -0.329 e. The van der Waals surface area contributed by atoms with Crippen molar-refractivity contribution in [2.75, 3.05) is 20.4 Å². The molecule has 0 saturated carbocycles.